The van der Waals surface area contributed by atoms with E-state index in [0.717, 1.165) is 36.7 Å². The third kappa shape index (κ3) is 5.10. The standard InChI is InChI=1S/C24H27N3OS/c1-2-27(17-19-8-4-3-5-9-19)21-14-12-18(13-15-21)16-22-23(28)26-24(29-22)25-20-10-6-7-11-20/h3-5,8-9,12-16,20H,2,6-7,10-11,17H2,1H3,(H,25,26,28)/b22-16+. The number of nitrogens with zero attached hydrogens (tertiary/aromatic N) is 2. The fourth-order valence-corrected chi connectivity index (χ4v) is 4.70. The first-order chi connectivity index (χ1) is 14.2. The molecular formula is C24H27N3OS. The fourth-order valence-electron chi connectivity index (χ4n) is 3.81. The second-order valence-electron chi connectivity index (χ2n) is 7.53. The average molecular weight is 406 g/mol. The molecule has 2 aromatic carbocycles. The SMILES string of the molecule is CCN(Cc1ccccc1)c1ccc(/C=C2/SC(=NC3CCCC3)NC2=O)cc1. The number of carbonyl (C=O) groups is 1. The molecule has 1 aliphatic carbocycles. The maximum absolute atomic E-state index is 12.3. The summed E-state index contributed by atoms with van der Waals surface area (Å²) in [6.07, 6.45) is 6.71. The molecule has 0 aromatic heterocycles. The van der Waals surface area contributed by atoms with Crippen LogP contribution >= 0.6 is 11.8 Å². The van der Waals surface area contributed by atoms with Gasteiger partial charge in [-0.1, -0.05) is 55.3 Å². The average Bonchev–Trinajstić information content (AvgIpc) is 3.37. The monoisotopic (exact) mass is 405 g/mol. The van der Waals surface area contributed by atoms with E-state index in [0.29, 0.717) is 10.9 Å². The first-order valence-electron chi connectivity index (χ1n) is 10.4. The van der Waals surface area contributed by atoms with Crippen molar-refractivity contribution in [2.75, 3.05) is 11.4 Å². The lowest BCUT2D eigenvalue weighted by Gasteiger charge is -2.23. The molecular weight excluding hydrogens is 378 g/mol. The van der Waals surface area contributed by atoms with Gasteiger partial charge in [0.15, 0.2) is 5.17 Å². The molecule has 2 aromatic rings. The van der Waals surface area contributed by atoms with E-state index in [9.17, 15) is 4.79 Å². The molecule has 0 spiro atoms. The molecule has 1 saturated heterocycles. The topological polar surface area (TPSA) is 44.7 Å². The van der Waals surface area contributed by atoms with Crippen LogP contribution in [-0.2, 0) is 11.3 Å². The van der Waals surface area contributed by atoms with E-state index in [2.05, 4.69) is 65.7 Å². The number of amidine groups is 1. The summed E-state index contributed by atoms with van der Waals surface area (Å²) in [5.74, 6) is -0.0462. The van der Waals surface area contributed by atoms with Gasteiger partial charge in [0.25, 0.3) is 5.91 Å². The van der Waals surface area contributed by atoms with Crippen LogP contribution in [0.1, 0.15) is 43.7 Å². The van der Waals surface area contributed by atoms with E-state index in [-0.39, 0.29) is 5.91 Å². The van der Waals surface area contributed by atoms with Crippen molar-refractivity contribution in [1.29, 1.82) is 0 Å². The minimum absolute atomic E-state index is 0.0462. The van der Waals surface area contributed by atoms with Gasteiger partial charge >= 0.3 is 0 Å². The lowest BCUT2D eigenvalue weighted by Crippen LogP contribution is -2.21. The summed E-state index contributed by atoms with van der Waals surface area (Å²) in [4.78, 5) is 20.1. The molecule has 0 radical (unpaired) electrons. The molecule has 2 aliphatic rings. The highest BCUT2D eigenvalue weighted by Gasteiger charge is 2.25. The van der Waals surface area contributed by atoms with E-state index in [1.165, 1.54) is 35.9 Å². The minimum atomic E-state index is -0.0462. The molecule has 1 aliphatic heterocycles. The zero-order valence-electron chi connectivity index (χ0n) is 16.8. The van der Waals surface area contributed by atoms with Crippen LogP contribution in [0.15, 0.2) is 64.5 Å². The smallest absolute Gasteiger partial charge is 0.264 e. The Morgan fingerprint density at radius 1 is 1.10 bits per heavy atom. The second-order valence-corrected chi connectivity index (χ2v) is 8.56. The molecule has 4 rings (SSSR count). The Morgan fingerprint density at radius 3 is 2.52 bits per heavy atom. The summed E-state index contributed by atoms with van der Waals surface area (Å²) in [5, 5.41) is 3.67. The summed E-state index contributed by atoms with van der Waals surface area (Å²) < 4.78 is 0. The number of hydrogen-bond acceptors (Lipinski definition) is 4. The Morgan fingerprint density at radius 2 is 1.83 bits per heavy atom. The van der Waals surface area contributed by atoms with Gasteiger partial charge in [-0.25, -0.2) is 0 Å². The summed E-state index contributed by atoms with van der Waals surface area (Å²) in [5.41, 5.74) is 3.52. The molecule has 1 N–H and O–H groups in total. The van der Waals surface area contributed by atoms with Gasteiger partial charge in [-0.05, 0) is 60.9 Å². The quantitative estimate of drug-likeness (QED) is 0.671. The van der Waals surface area contributed by atoms with Crippen molar-refractivity contribution in [2.24, 2.45) is 4.99 Å². The molecule has 1 heterocycles. The van der Waals surface area contributed by atoms with Gasteiger partial charge in [-0.2, -0.15) is 0 Å². The van der Waals surface area contributed by atoms with Gasteiger partial charge in [-0.3, -0.25) is 9.79 Å². The van der Waals surface area contributed by atoms with Crippen LogP contribution in [0, 0.1) is 0 Å². The summed E-state index contributed by atoms with van der Waals surface area (Å²) in [7, 11) is 0. The zero-order chi connectivity index (χ0) is 20.1. The molecule has 2 fully saturated rings. The van der Waals surface area contributed by atoms with E-state index < -0.39 is 0 Å². The highest BCUT2D eigenvalue weighted by atomic mass is 32.2. The van der Waals surface area contributed by atoms with Gasteiger partial charge in [0.2, 0.25) is 0 Å². The van der Waals surface area contributed by atoms with E-state index in [1.807, 2.05) is 12.1 Å². The van der Waals surface area contributed by atoms with Crippen molar-refractivity contribution < 1.29 is 4.79 Å². The van der Waals surface area contributed by atoms with Crippen molar-refractivity contribution >= 4 is 34.6 Å². The minimum Gasteiger partial charge on any atom is -0.367 e. The highest BCUT2D eigenvalue weighted by Crippen LogP contribution is 2.29. The van der Waals surface area contributed by atoms with Crippen molar-refractivity contribution in [1.82, 2.24) is 5.32 Å². The Kier molecular flexibility index (Phi) is 6.35. The molecule has 150 valence electrons. The van der Waals surface area contributed by atoms with Crippen molar-refractivity contribution in [2.45, 2.75) is 45.2 Å². The Bertz CT molecular complexity index is 899. The fraction of sp³-hybridized carbons (Fsp3) is 0.333. The number of benzene rings is 2. The van der Waals surface area contributed by atoms with E-state index in [1.54, 1.807) is 0 Å². The summed E-state index contributed by atoms with van der Waals surface area (Å²) in [6, 6.07) is 19.3. The lowest BCUT2D eigenvalue weighted by atomic mass is 10.1. The highest BCUT2D eigenvalue weighted by molar-refractivity contribution is 8.18. The number of aliphatic imine (C=N–C) groups is 1. The number of thioether (sulfide) groups is 1. The van der Waals surface area contributed by atoms with Crippen LogP contribution in [0.4, 0.5) is 5.69 Å². The van der Waals surface area contributed by atoms with Gasteiger partial charge < -0.3 is 10.2 Å². The van der Waals surface area contributed by atoms with Crippen LogP contribution in [0.5, 0.6) is 0 Å². The maximum atomic E-state index is 12.3. The molecule has 29 heavy (non-hydrogen) atoms. The van der Waals surface area contributed by atoms with Crippen LogP contribution < -0.4 is 10.2 Å². The lowest BCUT2D eigenvalue weighted by molar-refractivity contribution is -0.115. The largest absolute Gasteiger partial charge is 0.367 e. The molecule has 1 saturated carbocycles. The first-order valence-corrected chi connectivity index (χ1v) is 11.2. The van der Waals surface area contributed by atoms with Crippen LogP contribution in [-0.4, -0.2) is 23.7 Å². The second kappa shape index (κ2) is 9.31. The van der Waals surface area contributed by atoms with E-state index in [4.69, 9.17) is 4.99 Å². The van der Waals surface area contributed by atoms with Crippen LogP contribution in [0.3, 0.4) is 0 Å². The Hall–Kier alpha value is -2.53. The first kappa shape index (κ1) is 19.8. The number of amides is 1. The number of rotatable bonds is 6. The summed E-state index contributed by atoms with van der Waals surface area (Å²) >= 11 is 1.46. The molecule has 5 heteroatoms. The molecule has 0 bridgehead atoms. The van der Waals surface area contributed by atoms with E-state index >= 15 is 0 Å². The predicted octanol–water partition coefficient (Wildman–Crippen LogP) is 5.22. The predicted molar refractivity (Wildman–Crippen MR) is 123 cm³/mol. The van der Waals surface area contributed by atoms with Gasteiger partial charge in [0.1, 0.15) is 0 Å². The van der Waals surface area contributed by atoms with Crippen molar-refractivity contribution in [3.05, 3.63) is 70.6 Å². The van der Waals surface area contributed by atoms with Crippen LogP contribution in [0.25, 0.3) is 6.08 Å². The Balaban J connectivity index is 1.44. The maximum Gasteiger partial charge on any atom is 0.264 e. The van der Waals surface area contributed by atoms with Crippen LogP contribution in [0.2, 0.25) is 0 Å². The zero-order valence-corrected chi connectivity index (χ0v) is 17.6. The van der Waals surface area contributed by atoms with Crippen molar-refractivity contribution in [3.63, 3.8) is 0 Å². The number of anilines is 1. The summed E-state index contributed by atoms with van der Waals surface area (Å²) in [6.45, 7) is 4.00. The van der Waals surface area contributed by atoms with Gasteiger partial charge in [-0.15, -0.1) is 0 Å². The molecule has 1 amide bonds. The number of carbonyl (C=O) groups excluding carboxylic acids is 1. The number of nitrogens with one attached hydrogen (secondary N) is 1. The molecule has 4 nitrogen and oxygen atoms in total. The third-order valence-electron chi connectivity index (χ3n) is 5.43. The van der Waals surface area contributed by atoms with Gasteiger partial charge in [0.05, 0.1) is 10.9 Å². The normalized spacial score (nSPS) is 19.8. The molecule has 0 atom stereocenters. The van der Waals surface area contributed by atoms with Gasteiger partial charge in [0, 0.05) is 18.8 Å². The van der Waals surface area contributed by atoms with Crippen molar-refractivity contribution in [3.8, 4) is 0 Å². The molecule has 0 unspecified atom stereocenters. The number of hydrogen-bond donors (Lipinski definition) is 1. The third-order valence-corrected chi connectivity index (χ3v) is 6.35. The Labute approximate surface area is 177 Å².